The predicted octanol–water partition coefficient (Wildman–Crippen LogP) is 2.62. The number of rotatable bonds is 8. The van der Waals surface area contributed by atoms with Gasteiger partial charge in [-0.15, -0.1) is 0 Å². The monoisotopic (exact) mass is 230 g/mol. The van der Waals surface area contributed by atoms with Crippen LogP contribution in [0.1, 0.15) is 46.5 Å². The van der Waals surface area contributed by atoms with Gasteiger partial charge >= 0.3 is 11.9 Å². The van der Waals surface area contributed by atoms with Crippen LogP contribution in [0.2, 0.25) is 0 Å². The molecule has 0 aliphatic rings. The highest BCUT2D eigenvalue weighted by molar-refractivity contribution is 5.79. The van der Waals surface area contributed by atoms with Crippen LogP contribution >= 0.6 is 0 Å². The van der Waals surface area contributed by atoms with E-state index in [0.717, 1.165) is 19.3 Å². The first-order valence-corrected chi connectivity index (χ1v) is 5.89. The maximum absolute atomic E-state index is 11.0. The highest BCUT2D eigenvalue weighted by Gasteiger charge is 2.31. The molecule has 0 heterocycles. The van der Waals surface area contributed by atoms with Gasteiger partial charge in [0, 0.05) is 0 Å². The summed E-state index contributed by atoms with van der Waals surface area (Å²) >= 11 is 0. The lowest BCUT2D eigenvalue weighted by atomic mass is 9.82. The highest BCUT2D eigenvalue weighted by Crippen LogP contribution is 2.26. The zero-order chi connectivity index (χ0) is 12.7. The van der Waals surface area contributed by atoms with Crippen molar-refractivity contribution in [3.05, 3.63) is 0 Å². The van der Waals surface area contributed by atoms with Crippen molar-refractivity contribution < 1.29 is 19.8 Å². The Bertz CT molecular complexity index is 237. The number of carbonyl (C=O) groups is 2. The third-order valence-corrected chi connectivity index (χ3v) is 3.17. The van der Waals surface area contributed by atoms with Crippen LogP contribution in [0, 0.1) is 17.8 Å². The van der Waals surface area contributed by atoms with Gasteiger partial charge in [0.1, 0.15) is 0 Å². The molecule has 2 N–H and O–H groups in total. The van der Waals surface area contributed by atoms with E-state index in [4.69, 9.17) is 10.2 Å². The lowest BCUT2D eigenvalue weighted by molar-refractivity contribution is -0.153. The van der Waals surface area contributed by atoms with Gasteiger partial charge in [-0.2, -0.15) is 0 Å². The summed E-state index contributed by atoms with van der Waals surface area (Å²) in [5, 5.41) is 17.9. The molecule has 16 heavy (non-hydrogen) atoms. The van der Waals surface area contributed by atoms with Crippen LogP contribution in [0.5, 0.6) is 0 Å². The Morgan fingerprint density at radius 2 is 1.69 bits per heavy atom. The van der Waals surface area contributed by atoms with Gasteiger partial charge in [0.2, 0.25) is 0 Å². The Morgan fingerprint density at radius 3 is 2.00 bits per heavy atom. The van der Waals surface area contributed by atoms with E-state index in [1.54, 1.807) is 0 Å². The molecule has 0 amide bonds. The number of aliphatic carboxylic acids is 2. The van der Waals surface area contributed by atoms with Crippen molar-refractivity contribution in [2.24, 2.45) is 17.8 Å². The first-order chi connectivity index (χ1) is 7.43. The summed E-state index contributed by atoms with van der Waals surface area (Å²) in [4.78, 5) is 21.8. The molecule has 0 fully saturated rings. The molecule has 0 aromatic carbocycles. The minimum absolute atomic E-state index is 0.313. The van der Waals surface area contributed by atoms with Crippen LogP contribution in [-0.2, 0) is 9.59 Å². The number of carboxylic acids is 2. The summed E-state index contributed by atoms with van der Waals surface area (Å²) in [6, 6.07) is 0. The van der Waals surface area contributed by atoms with Crippen LogP contribution < -0.4 is 0 Å². The molecule has 94 valence electrons. The average Bonchev–Trinajstić information content (AvgIpc) is 2.22. The first-order valence-electron chi connectivity index (χ1n) is 5.89. The van der Waals surface area contributed by atoms with E-state index in [1.807, 2.05) is 6.92 Å². The van der Waals surface area contributed by atoms with E-state index < -0.39 is 23.8 Å². The number of hydrogen-bond acceptors (Lipinski definition) is 2. The van der Waals surface area contributed by atoms with Crippen LogP contribution in [0.3, 0.4) is 0 Å². The van der Waals surface area contributed by atoms with Crippen molar-refractivity contribution in [3.8, 4) is 0 Å². The normalized spacial score (nSPS) is 16.4. The fourth-order valence-corrected chi connectivity index (χ4v) is 1.95. The molecular formula is C12H22O4. The summed E-state index contributed by atoms with van der Waals surface area (Å²) in [6.45, 7) is 5.55. The second kappa shape index (κ2) is 7.25. The summed E-state index contributed by atoms with van der Waals surface area (Å²) in [7, 11) is 0. The van der Waals surface area contributed by atoms with Crippen LogP contribution in [0.25, 0.3) is 0 Å². The largest absolute Gasteiger partial charge is 0.481 e. The van der Waals surface area contributed by atoms with Gasteiger partial charge in [-0.1, -0.05) is 40.0 Å². The summed E-state index contributed by atoms with van der Waals surface area (Å²) in [6.07, 6.45) is 3.34. The Morgan fingerprint density at radius 1 is 1.12 bits per heavy atom. The van der Waals surface area contributed by atoms with E-state index in [2.05, 4.69) is 6.92 Å². The van der Waals surface area contributed by atoms with Crippen molar-refractivity contribution in [1.82, 2.24) is 0 Å². The van der Waals surface area contributed by atoms with E-state index in [9.17, 15) is 9.59 Å². The molecule has 4 heteroatoms. The molecular weight excluding hydrogens is 208 g/mol. The molecule has 4 nitrogen and oxygen atoms in total. The van der Waals surface area contributed by atoms with Gasteiger partial charge in [-0.3, -0.25) is 9.59 Å². The van der Waals surface area contributed by atoms with E-state index in [-0.39, 0.29) is 0 Å². The van der Waals surface area contributed by atoms with Gasteiger partial charge < -0.3 is 10.2 Å². The number of carboxylic acid groups (broad SMARTS) is 2. The topological polar surface area (TPSA) is 74.6 Å². The Hall–Kier alpha value is -1.06. The highest BCUT2D eigenvalue weighted by atomic mass is 16.4. The Balaban J connectivity index is 4.54. The molecule has 0 saturated heterocycles. The molecule has 0 bridgehead atoms. The quantitative estimate of drug-likeness (QED) is 0.672. The minimum atomic E-state index is -1.03. The lowest BCUT2D eigenvalue weighted by Crippen LogP contribution is -2.29. The molecule has 0 aromatic rings. The molecule has 0 aliphatic heterocycles. The Kier molecular flexibility index (Phi) is 6.77. The standard InChI is InChI=1S/C12H22O4/c1-4-6-9(5-2)7-10(12(15)16)8(3)11(13)14/h8-10H,4-7H2,1-3H3,(H,13,14)(H,15,16). The fourth-order valence-electron chi connectivity index (χ4n) is 1.95. The smallest absolute Gasteiger partial charge is 0.307 e. The van der Waals surface area contributed by atoms with Crippen LogP contribution in [-0.4, -0.2) is 22.2 Å². The van der Waals surface area contributed by atoms with Crippen molar-refractivity contribution >= 4 is 11.9 Å². The van der Waals surface area contributed by atoms with Gasteiger partial charge in [-0.05, 0) is 12.3 Å². The lowest BCUT2D eigenvalue weighted by Gasteiger charge is -2.22. The first kappa shape index (κ1) is 14.9. The number of hydrogen-bond donors (Lipinski definition) is 2. The zero-order valence-electron chi connectivity index (χ0n) is 10.3. The summed E-state index contributed by atoms with van der Waals surface area (Å²) in [5.41, 5.74) is 0. The second-order valence-electron chi connectivity index (χ2n) is 4.37. The van der Waals surface area contributed by atoms with Crippen molar-refractivity contribution in [1.29, 1.82) is 0 Å². The van der Waals surface area contributed by atoms with Crippen LogP contribution in [0.15, 0.2) is 0 Å². The SMILES string of the molecule is CCCC(CC)CC(C(=O)O)C(C)C(=O)O. The van der Waals surface area contributed by atoms with Crippen LogP contribution in [0.4, 0.5) is 0 Å². The van der Waals surface area contributed by atoms with E-state index >= 15 is 0 Å². The maximum Gasteiger partial charge on any atom is 0.307 e. The van der Waals surface area contributed by atoms with Crippen molar-refractivity contribution in [2.45, 2.75) is 46.5 Å². The van der Waals surface area contributed by atoms with E-state index in [0.29, 0.717) is 12.3 Å². The van der Waals surface area contributed by atoms with Crippen molar-refractivity contribution in [2.75, 3.05) is 0 Å². The van der Waals surface area contributed by atoms with Gasteiger partial charge in [-0.25, -0.2) is 0 Å². The fraction of sp³-hybridized carbons (Fsp3) is 0.833. The predicted molar refractivity (Wildman–Crippen MR) is 61.2 cm³/mol. The molecule has 0 radical (unpaired) electrons. The zero-order valence-corrected chi connectivity index (χ0v) is 10.3. The molecule has 0 aliphatic carbocycles. The molecule has 0 rings (SSSR count). The molecule has 0 spiro atoms. The molecule has 0 saturated carbocycles. The summed E-state index contributed by atoms with van der Waals surface area (Å²) < 4.78 is 0. The Labute approximate surface area is 96.7 Å². The molecule has 0 aromatic heterocycles. The molecule has 3 unspecified atom stereocenters. The third-order valence-electron chi connectivity index (χ3n) is 3.17. The summed E-state index contributed by atoms with van der Waals surface area (Å²) in [5.74, 6) is -3.30. The van der Waals surface area contributed by atoms with Gasteiger partial charge in [0.05, 0.1) is 11.8 Å². The van der Waals surface area contributed by atoms with E-state index in [1.165, 1.54) is 6.92 Å². The molecule has 3 atom stereocenters. The van der Waals surface area contributed by atoms with Crippen molar-refractivity contribution in [3.63, 3.8) is 0 Å². The minimum Gasteiger partial charge on any atom is -0.481 e. The maximum atomic E-state index is 11.0. The van der Waals surface area contributed by atoms with Gasteiger partial charge in [0.25, 0.3) is 0 Å². The second-order valence-corrected chi connectivity index (χ2v) is 4.37. The third kappa shape index (κ3) is 4.64. The van der Waals surface area contributed by atoms with Gasteiger partial charge in [0.15, 0.2) is 0 Å². The average molecular weight is 230 g/mol.